The number of nitrogens with zero attached hydrogens (tertiary/aromatic N) is 1. The van der Waals surface area contributed by atoms with Crippen molar-refractivity contribution in [1.82, 2.24) is 4.90 Å². The van der Waals surface area contributed by atoms with Crippen molar-refractivity contribution in [3.63, 3.8) is 0 Å². The fourth-order valence-corrected chi connectivity index (χ4v) is 3.59. The molecule has 1 aliphatic carbocycles. The second-order valence-electron chi connectivity index (χ2n) is 6.09. The fourth-order valence-electron chi connectivity index (χ4n) is 3.59. The molecule has 0 radical (unpaired) electrons. The van der Waals surface area contributed by atoms with E-state index in [1.54, 1.807) is 11.1 Å². The Morgan fingerprint density at radius 1 is 1.22 bits per heavy atom. The summed E-state index contributed by atoms with van der Waals surface area (Å²) >= 11 is 0. The quantitative estimate of drug-likeness (QED) is 0.864. The van der Waals surface area contributed by atoms with Gasteiger partial charge in [-0.15, -0.1) is 0 Å². The van der Waals surface area contributed by atoms with Crippen molar-refractivity contribution < 1.29 is 0 Å². The average molecular weight is 244 g/mol. The summed E-state index contributed by atoms with van der Waals surface area (Å²) < 4.78 is 0. The average Bonchev–Trinajstić information content (AvgIpc) is 2.82. The van der Waals surface area contributed by atoms with Gasteiger partial charge in [-0.3, -0.25) is 4.90 Å². The first-order valence-electron chi connectivity index (χ1n) is 7.30. The van der Waals surface area contributed by atoms with Crippen LogP contribution in [0.25, 0.3) is 0 Å². The lowest BCUT2D eigenvalue weighted by Gasteiger charge is -2.38. The second-order valence-corrected chi connectivity index (χ2v) is 6.09. The maximum atomic E-state index is 6.09. The molecule has 2 aliphatic rings. The largest absolute Gasteiger partial charge is 0.328 e. The summed E-state index contributed by atoms with van der Waals surface area (Å²) in [5.41, 5.74) is 9.21. The molecular weight excluding hydrogens is 220 g/mol. The molecule has 0 spiro atoms. The molecule has 2 nitrogen and oxygen atoms in total. The van der Waals surface area contributed by atoms with E-state index in [-0.39, 0.29) is 0 Å². The predicted octanol–water partition coefficient (Wildman–Crippen LogP) is 2.21. The molecule has 1 fully saturated rings. The van der Waals surface area contributed by atoms with Gasteiger partial charge in [0.2, 0.25) is 0 Å². The molecule has 1 aliphatic heterocycles. The van der Waals surface area contributed by atoms with Gasteiger partial charge in [0.15, 0.2) is 0 Å². The van der Waals surface area contributed by atoms with Gasteiger partial charge in [-0.1, -0.05) is 24.3 Å². The van der Waals surface area contributed by atoms with Crippen LogP contribution in [-0.2, 0) is 12.8 Å². The molecule has 0 saturated carbocycles. The van der Waals surface area contributed by atoms with Crippen molar-refractivity contribution in [3.8, 4) is 0 Å². The highest BCUT2D eigenvalue weighted by Gasteiger charge is 2.31. The van der Waals surface area contributed by atoms with E-state index in [0.29, 0.717) is 12.0 Å². The molecule has 0 amide bonds. The van der Waals surface area contributed by atoms with Gasteiger partial charge >= 0.3 is 0 Å². The normalized spacial score (nSPS) is 27.1. The van der Waals surface area contributed by atoms with E-state index in [0.717, 1.165) is 6.04 Å². The molecule has 98 valence electrons. The lowest BCUT2D eigenvalue weighted by atomic mass is 9.91. The Hall–Kier alpha value is -0.860. The van der Waals surface area contributed by atoms with Gasteiger partial charge in [0.1, 0.15) is 0 Å². The lowest BCUT2D eigenvalue weighted by molar-refractivity contribution is 0.117. The topological polar surface area (TPSA) is 29.3 Å². The Morgan fingerprint density at radius 2 is 1.89 bits per heavy atom. The Labute approximate surface area is 110 Å². The van der Waals surface area contributed by atoms with Crippen LogP contribution in [0.4, 0.5) is 0 Å². The maximum absolute atomic E-state index is 6.09. The standard InChI is InChI=1S/C16H24N2/c1-12(17)15-7-4-8-18(11-15)16-9-13-5-2-3-6-14(13)10-16/h2-3,5-6,12,15-16H,4,7-11,17H2,1H3. The molecule has 2 unspecified atom stereocenters. The molecule has 2 atom stereocenters. The molecular formula is C16H24N2. The minimum absolute atomic E-state index is 0.344. The van der Waals surface area contributed by atoms with Crippen molar-refractivity contribution in [2.24, 2.45) is 11.7 Å². The van der Waals surface area contributed by atoms with Gasteiger partial charge in [-0.05, 0) is 56.2 Å². The Morgan fingerprint density at radius 3 is 2.50 bits per heavy atom. The Balaban J connectivity index is 1.67. The minimum atomic E-state index is 0.344. The van der Waals surface area contributed by atoms with E-state index in [2.05, 4.69) is 36.1 Å². The number of hydrogen-bond donors (Lipinski definition) is 1. The monoisotopic (exact) mass is 244 g/mol. The minimum Gasteiger partial charge on any atom is -0.328 e. The van der Waals surface area contributed by atoms with Gasteiger partial charge in [0, 0.05) is 18.6 Å². The molecule has 0 bridgehead atoms. The van der Waals surface area contributed by atoms with E-state index in [1.165, 1.54) is 38.8 Å². The summed E-state index contributed by atoms with van der Waals surface area (Å²) in [4.78, 5) is 2.69. The fraction of sp³-hybridized carbons (Fsp3) is 0.625. The molecule has 0 aromatic heterocycles. The van der Waals surface area contributed by atoms with Crippen LogP contribution in [0.5, 0.6) is 0 Å². The highest BCUT2D eigenvalue weighted by atomic mass is 15.2. The van der Waals surface area contributed by atoms with Crippen LogP contribution in [0.3, 0.4) is 0 Å². The summed E-state index contributed by atoms with van der Waals surface area (Å²) in [6.07, 6.45) is 5.11. The number of nitrogens with two attached hydrogens (primary N) is 1. The summed E-state index contributed by atoms with van der Waals surface area (Å²) in [5.74, 6) is 0.697. The third-order valence-corrected chi connectivity index (χ3v) is 4.78. The van der Waals surface area contributed by atoms with E-state index in [1.807, 2.05) is 0 Å². The SMILES string of the molecule is CC(N)C1CCCN(C2Cc3ccccc3C2)C1. The zero-order valence-corrected chi connectivity index (χ0v) is 11.3. The summed E-state index contributed by atoms with van der Waals surface area (Å²) in [6, 6.07) is 10.00. The third kappa shape index (κ3) is 2.32. The molecule has 2 heteroatoms. The van der Waals surface area contributed by atoms with Crippen molar-refractivity contribution in [1.29, 1.82) is 0 Å². The zero-order valence-electron chi connectivity index (χ0n) is 11.3. The third-order valence-electron chi connectivity index (χ3n) is 4.78. The molecule has 18 heavy (non-hydrogen) atoms. The van der Waals surface area contributed by atoms with Gasteiger partial charge < -0.3 is 5.73 Å². The Kier molecular flexibility index (Phi) is 3.40. The first kappa shape index (κ1) is 12.2. The smallest absolute Gasteiger partial charge is 0.0176 e. The Bertz CT molecular complexity index is 388. The van der Waals surface area contributed by atoms with Crippen LogP contribution in [0, 0.1) is 5.92 Å². The van der Waals surface area contributed by atoms with E-state index >= 15 is 0 Å². The van der Waals surface area contributed by atoms with Crippen LogP contribution < -0.4 is 5.73 Å². The van der Waals surface area contributed by atoms with Gasteiger partial charge in [0.25, 0.3) is 0 Å². The van der Waals surface area contributed by atoms with Gasteiger partial charge in [-0.25, -0.2) is 0 Å². The van der Waals surface area contributed by atoms with Crippen LogP contribution in [-0.4, -0.2) is 30.1 Å². The van der Waals surface area contributed by atoms with E-state index in [9.17, 15) is 0 Å². The van der Waals surface area contributed by atoms with Crippen LogP contribution >= 0.6 is 0 Å². The van der Waals surface area contributed by atoms with Gasteiger partial charge in [-0.2, -0.15) is 0 Å². The molecule has 1 saturated heterocycles. The zero-order chi connectivity index (χ0) is 12.5. The molecule has 3 rings (SSSR count). The van der Waals surface area contributed by atoms with Crippen molar-refractivity contribution in [2.75, 3.05) is 13.1 Å². The maximum Gasteiger partial charge on any atom is 0.0176 e. The summed E-state index contributed by atoms with van der Waals surface area (Å²) in [7, 11) is 0. The number of rotatable bonds is 2. The first-order valence-corrected chi connectivity index (χ1v) is 7.30. The second kappa shape index (κ2) is 5.02. The van der Waals surface area contributed by atoms with Crippen molar-refractivity contribution >= 4 is 0 Å². The number of fused-ring (bicyclic) bond motifs is 1. The van der Waals surface area contributed by atoms with Crippen molar-refractivity contribution in [3.05, 3.63) is 35.4 Å². The molecule has 1 aromatic rings. The molecule has 2 N–H and O–H groups in total. The predicted molar refractivity (Wildman–Crippen MR) is 75.6 cm³/mol. The molecule has 1 heterocycles. The van der Waals surface area contributed by atoms with Crippen LogP contribution in [0.1, 0.15) is 30.9 Å². The van der Waals surface area contributed by atoms with Crippen LogP contribution in [0.2, 0.25) is 0 Å². The highest BCUT2D eigenvalue weighted by molar-refractivity contribution is 5.33. The van der Waals surface area contributed by atoms with Gasteiger partial charge in [0.05, 0.1) is 0 Å². The lowest BCUT2D eigenvalue weighted by Crippen LogP contribution is -2.47. The van der Waals surface area contributed by atoms with E-state index in [4.69, 9.17) is 5.73 Å². The first-order chi connectivity index (χ1) is 8.74. The number of hydrogen-bond acceptors (Lipinski definition) is 2. The van der Waals surface area contributed by atoms with Crippen molar-refractivity contribution in [2.45, 2.75) is 44.7 Å². The van der Waals surface area contributed by atoms with E-state index < -0.39 is 0 Å². The number of benzene rings is 1. The highest BCUT2D eigenvalue weighted by Crippen LogP contribution is 2.29. The number of piperidine rings is 1. The molecule has 1 aromatic carbocycles. The summed E-state index contributed by atoms with van der Waals surface area (Å²) in [5, 5.41) is 0. The van der Waals surface area contributed by atoms with Crippen LogP contribution in [0.15, 0.2) is 24.3 Å². The number of likely N-dealkylation sites (tertiary alicyclic amines) is 1. The summed E-state index contributed by atoms with van der Waals surface area (Å²) in [6.45, 7) is 4.63.